The van der Waals surface area contributed by atoms with Gasteiger partial charge in [0.05, 0.1) is 11.1 Å². The van der Waals surface area contributed by atoms with Crippen molar-refractivity contribution >= 4 is 36.4 Å². The minimum absolute atomic E-state index is 0.357. The number of benzene rings is 2. The Kier molecular flexibility index (Phi) is 2.21. The van der Waals surface area contributed by atoms with Crippen LogP contribution >= 0.6 is 0 Å². The number of ether oxygens (including phenoxy) is 2. The number of carbonyl (C=O) groups excluding carboxylic acids is 1. The van der Waals surface area contributed by atoms with Gasteiger partial charge in [0.2, 0.25) is 0 Å². The summed E-state index contributed by atoms with van der Waals surface area (Å²) in [7, 11) is 1.99. The van der Waals surface area contributed by atoms with Crippen LogP contribution in [0.15, 0.2) is 36.9 Å². The SMILES string of the molecule is BC1(C)C=Cc2c3c(c4ccccc4c2O1)C(=C)OC3=O. The van der Waals surface area contributed by atoms with E-state index in [9.17, 15) is 4.79 Å². The maximum absolute atomic E-state index is 12.2. The largest absolute Gasteiger partial charge is 0.492 e. The summed E-state index contributed by atoms with van der Waals surface area (Å²) in [4.78, 5) is 12.2. The second-order valence-electron chi connectivity index (χ2n) is 5.89. The highest BCUT2D eigenvalue weighted by molar-refractivity contribution is 6.19. The van der Waals surface area contributed by atoms with Crippen molar-refractivity contribution in [1.82, 2.24) is 0 Å². The van der Waals surface area contributed by atoms with Gasteiger partial charge >= 0.3 is 5.97 Å². The topological polar surface area (TPSA) is 35.5 Å². The first-order valence-electron chi connectivity index (χ1n) is 6.86. The molecule has 0 saturated carbocycles. The number of hydrogen-bond donors (Lipinski definition) is 0. The molecule has 0 radical (unpaired) electrons. The molecule has 1 atom stereocenters. The van der Waals surface area contributed by atoms with Crippen LogP contribution in [0.25, 0.3) is 22.6 Å². The van der Waals surface area contributed by atoms with Crippen LogP contribution in [0, 0.1) is 0 Å². The Balaban J connectivity index is 2.20. The van der Waals surface area contributed by atoms with E-state index in [1.807, 2.05) is 51.2 Å². The van der Waals surface area contributed by atoms with E-state index < -0.39 is 5.50 Å². The van der Waals surface area contributed by atoms with Gasteiger partial charge in [0.1, 0.15) is 11.5 Å². The summed E-state index contributed by atoms with van der Waals surface area (Å²) in [5, 5.41) is 1.91. The Morgan fingerprint density at radius 3 is 2.67 bits per heavy atom. The number of rotatable bonds is 0. The molecule has 0 saturated heterocycles. The van der Waals surface area contributed by atoms with Crippen molar-refractivity contribution in [3.8, 4) is 5.75 Å². The Morgan fingerprint density at radius 2 is 1.90 bits per heavy atom. The molecule has 1 unspecified atom stereocenters. The molecular formula is C17H13BO3. The zero-order valence-electron chi connectivity index (χ0n) is 11.9. The van der Waals surface area contributed by atoms with Gasteiger partial charge in [-0.15, -0.1) is 0 Å². The smallest absolute Gasteiger partial charge is 0.345 e. The molecule has 3 nitrogen and oxygen atoms in total. The zero-order valence-corrected chi connectivity index (χ0v) is 11.9. The lowest BCUT2D eigenvalue weighted by molar-refractivity contribution is 0.0715. The highest BCUT2D eigenvalue weighted by atomic mass is 16.5. The fourth-order valence-corrected chi connectivity index (χ4v) is 2.99. The summed E-state index contributed by atoms with van der Waals surface area (Å²) in [5.41, 5.74) is 1.72. The summed E-state index contributed by atoms with van der Waals surface area (Å²) < 4.78 is 11.4. The van der Waals surface area contributed by atoms with Crippen molar-refractivity contribution in [2.75, 3.05) is 0 Å². The Hall–Kier alpha value is -2.49. The zero-order chi connectivity index (χ0) is 14.8. The molecule has 0 aromatic heterocycles. The third-order valence-electron chi connectivity index (χ3n) is 3.92. The first kappa shape index (κ1) is 12.3. The molecule has 0 amide bonds. The fraction of sp³-hybridized carbons (Fsp3) is 0.118. The van der Waals surface area contributed by atoms with Crippen molar-refractivity contribution in [1.29, 1.82) is 0 Å². The predicted molar refractivity (Wildman–Crippen MR) is 85.0 cm³/mol. The van der Waals surface area contributed by atoms with E-state index in [1.54, 1.807) is 0 Å². The van der Waals surface area contributed by atoms with E-state index in [0.29, 0.717) is 11.3 Å². The number of hydrogen-bond acceptors (Lipinski definition) is 3. The van der Waals surface area contributed by atoms with Gasteiger partial charge in [-0.2, -0.15) is 0 Å². The Morgan fingerprint density at radius 1 is 1.19 bits per heavy atom. The summed E-state index contributed by atoms with van der Waals surface area (Å²) in [5.74, 6) is 0.792. The van der Waals surface area contributed by atoms with E-state index in [0.717, 1.165) is 27.6 Å². The van der Waals surface area contributed by atoms with E-state index in [1.165, 1.54) is 0 Å². The first-order chi connectivity index (χ1) is 9.98. The lowest BCUT2D eigenvalue weighted by Gasteiger charge is -2.30. The molecule has 4 heteroatoms. The van der Waals surface area contributed by atoms with Crippen LogP contribution in [-0.2, 0) is 4.74 Å². The van der Waals surface area contributed by atoms with Gasteiger partial charge < -0.3 is 9.47 Å². The van der Waals surface area contributed by atoms with E-state index in [-0.39, 0.29) is 5.97 Å². The van der Waals surface area contributed by atoms with Gasteiger partial charge in [0, 0.05) is 16.5 Å². The van der Waals surface area contributed by atoms with Crippen molar-refractivity contribution in [2.24, 2.45) is 0 Å². The molecule has 0 N–H and O–H groups in total. The number of carbonyl (C=O) groups is 1. The van der Waals surface area contributed by atoms with Gasteiger partial charge in [-0.05, 0) is 18.4 Å². The molecule has 2 aliphatic heterocycles. The quantitative estimate of drug-likeness (QED) is 0.548. The normalized spacial score (nSPS) is 22.7. The van der Waals surface area contributed by atoms with Gasteiger partial charge in [-0.25, -0.2) is 4.79 Å². The Labute approximate surface area is 123 Å². The Bertz CT molecular complexity index is 862. The molecule has 0 bridgehead atoms. The number of esters is 1. The molecular weight excluding hydrogens is 263 g/mol. The maximum atomic E-state index is 12.2. The average molecular weight is 276 g/mol. The van der Waals surface area contributed by atoms with Crippen molar-refractivity contribution < 1.29 is 14.3 Å². The summed E-state index contributed by atoms with van der Waals surface area (Å²) in [6.45, 7) is 5.86. The van der Waals surface area contributed by atoms with Crippen molar-refractivity contribution in [3.63, 3.8) is 0 Å². The van der Waals surface area contributed by atoms with Crippen molar-refractivity contribution in [2.45, 2.75) is 12.4 Å². The number of fused-ring (bicyclic) bond motifs is 6. The van der Waals surface area contributed by atoms with Gasteiger partial charge in [-0.3, -0.25) is 0 Å². The fourth-order valence-electron chi connectivity index (χ4n) is 2.99. The minimum Gasteiger partial charge on any atom is -0.492 e. The summed E-state index contributed by atoms with van der Waals surface area (Å²) in [6.07, 6.45) is 3.91. The lowest BCUT2D eigenvalue weighted by Crippen LogP contribution is -2.32. The maximum Gasteiger partial charge on any atom is 0.345 e. The average Bonchev–Trinajstić information content (AvgIpc) is 2.73. The highest BCUT2D eigenvalue weighted by Gasteiger charge is 2.35. The molecule has 0 spiro atoms. The van der Waals surface area contributed by atoms with E-state index >= 15 is 0 Å². The second kappa shape index (κ2) is 3.79. The molecule has 102 valence electrons. The van der Waals surface area contributed by atoms with Crippen LogP contribution in [0.4, 0.5) is 0 Å². The predicted octanol–water partition coefficient (Wildman–Crippen LogP) is 2.74. The van der Waals surface area contributed by atoms with Crippen LogP contribution in [0.1, 0.15) is 28.4 Å². The van der Waals surface area contributed by atoms with Crippen molar-refractivity contribution in [3.05, 3.63) is 53.6 Å². The monoisotopic (exact) mass is 276 g/mol. The number of cyclic esters (lactones) is 1. The molecule has 2 aromatic carbocycles. The minimum atomic E-state index is -0.399. The summed E-state index contributed by atoms with van der Waals surface area (Å²) in [6, 6.07) is 7.87. The van der Waals surface area contributed by atoms with Crippen LogP contribution in [-0.4, -0.2) is 19.3 Å². The van der Waals surface area contributed by atoms with E-state index in [4.69, 9.17) is 9.47 Å². The molecule has 0 aliphatic carbocycles. The molecule has 2 aliphatic rings. The van der Waals surface area contributed by atoms with Crippen LogP contribution in [0.2, 0.25) is 0 Å². The summed E-state index contributed by atoms with van der Waals surface area (Å²) >= 11 is 0. The third kappa shape index (κ3) is 1.59. The molecule has 2 aromatic rings. The van der Waals surface area contributed by atoms with Gasteiger partial charge in [-0.1, -0.05) is 36.9 Å². The second-order valence-corrected chi connectivity index (χ2v) is 5.89. The highest BCUT2D eigenvalue weighted by Crippen LogP contribution is 2.46. The van der Waals surface area contributed by atoms with Gasteiger partial charge in [0.25, 0.3) is 0 Å². The lowest BCUT2D eigenvalue weighted by atomic mass is 9.80. The molecule has 21 heavy (non-hydrogen) atoms. The standard InChI is InChI=1S/C17H13BO3/c1-9-13-10-5-3-4-6-11(10)15-12(14(13)16(19)20-9)7-8-17(2,18)21-15/h3-8H,1,18H2,2H3. The molecule has 0 fully saturated rings. The first-order valence-corrected chi connectivity index (χ1v) is 6.86. The van der Waals surface area contributed by atoms with Crippen LogP contribution < -0.4 is 4.74 Å². The van der Waals surface area contributed by atoms with Crippen LogP contribution in [0.3, 0.4) is 0 Å². The third-order valence-corrected chi connectivity index (χ3v) is 3.92. The van der Waals surface area contributed by atoms with Crippen LogP contribution in [0.5, 0.6) is 5.75 Å². The van der Waals surface area contributed by atoms with E-state index in [2.05, 4.69) is 6.58 Å². The molecule has 2 heterocycles. The molecule has 4 rings (SSSR count). The van der Waals surface area contributed by atoms with Gasteiger partial charge in [0.15, 0.2) is 7.85 Å².